The summed E-state index contributed by atoms with van der Waals surface area (Å²) in [6.07, 6.45) is 1.37. The van der Waals surface area contributed by atoms with E-state index in [9.17, 15) is 9.59 Å². The molecule has 6 nitrogen and oxygen atoms in total. The fourth-order valence-corrected chi connectivity index (χ4v) is 3.93. The molecule has 0 aliphatic carbocycles. The van der Waals surface area contributed by atoms with Crippen molar-refractivity contribution in [3.63, 3.8) is 0 Å². The van der Waals surface area contributed by atoms with Gasteiger partial charge in [0.2, 0.25) is 12.8 Å². The number of amides is 2. The molecule has 0 saturated carbocycles. The molecule has 138 valence electrons. The van der Waals surface area contributed by atoms with E-state index in [0.29, 0.717) is 48.9 Å². The molecule has 0 aliphatic heterocycles. The molecule has 2 aromatic rings. The average molecular weight is 393 g/mol. The Hall–Kier alpha value is -2.32. The van der Waals surface area contributed by atoms with Crippen LogP contribution in [0.15, 0.2) is 48.5 Å². The number of carbonyl (C=O) groups is 2. The lowest BCUT2D eigenvalue weighted by atomic mass is 10.3. The molecule has 0 bridgehead atoms. The fraction of sp³-hybridized carbons (Fsp3) is 0.222. The van der Waals surface area contributed by atoms with Gasteiger partial charge in [-0.25, -0.2) is 8.61 Å². The average Bonchev–Trinajstić information content (AvgIpc) is 2.68. The summed E-state index contributed by atoms with van der Waals surface area (Å²) in [4.78, 5) is 23.1. The van der Waals surface area contributed by atoms with Crippen LogP contribution in [-0.4, -0.2) is 26.0 Å². The van der Waals surface area contributed by atoms with Gasteiger partial charge in [-0.05, 0) is 38.1 Å². The second-order valence-electron chi connectivity index (χ2n) is 4.81. The van der Waals surface area contributed by atoms with Crippen molar-refractivity contribution in [2.24, 2.45) is 0 Å². The Morgan fingerprint density at radius 2 is 1.15 bits per heavy atom. The van der Waals surface area contributed by atoms with Gasteiger partial charge in [0.25, 0.3) is 0 Å². The molecule has 0 aliphatic rings. The molecule has 0 atom stereocenters. The van der Waals surface area contributed by atoms with E-state index in [1.807, 2.05) is 38.1 Å². The Morgan fingerprint density at radius 1 is 0.769 bits per heavy atom. The van der Waals surface area contributed by atoms with Crippen LogP contribution in [0.5, 0.6) is 11.5 Å². The number of nitrogens with zero attached hydrogens (tertiary/aromatic N) is 2. The number of ether oxygens (including phenoxy) is 2. The third-order valence-corrected chi connectivity index (χ3v) is 5.31. The number of hydrogen-bond donors (Lipinski definition) is 0. The Bertz CT molecular complexity index is 668. The summed E-state index contributed by atoms with van der Waals surface area (Å²) in [5.74, 6) is 1.20. The molecular formula is C18H20N2O4S2. The van der Waals surface area contributed by atoms with Gasteiger partial charge in [-0.3, -0.25) is 9.59 Å². The number of rotatable bonds is 11. The summed E-state index contributed by atoms with van der Waals surface area (Å²) >= 11 is 0. The monoisotopic (exact) mass is 392 g/mol. The van der Waals surface area contributed by atoms with Gasteiger partial charge in [0.05, 0.1) is 46.5 Å². The van der Waals surface area contributed by atoms with Crippen LogP contribution >= 0.6 is 22.0 Å². The first-order valence-electron chi connectivity index (χ1n) is 8.02. The lowest BCUT2D eigenvalue weighted by Gasteiger charge is -2.22. The maximum Gasteiger partial charge on any atom is 0.225 e. The zero-order valence-corrected chi connectivity index (χ0v) is 16.2. The van der Waals surface area contributed by atoms with Gasteiger partial charge in [0.1, 0.15) is 11.5 Å². The molecule has 0 radical (unpaired) electrons. The summed E-state index contributed by atoms with van der Waals surface area (Å²) in [5.41, 5.74) is 1.23. The molecule has 2 rings (SSSR count). The fourth-order valence-electron chi connectivity index (χ4n) is 2.13. The quantitative estimate of drug-likeness (QED) is 0.322. The van der Waals surface area contributed by atoms with Crippen molar-refractivity contribution in [2.75, 3.05) is 21.8 Å². The molecule has 0 spiro atoms. The second kappa shape index (κ2) is 10.6. The molecule has 0 unspecified atom stereocenters. The van der Waals surface area contributed by atoms with E-state index in [0.717, 1.165) is 22.0 Å². The highest BCUT2D eigenvalue weighted by molar-refractivity contribution is 8.78. The Labute approximate surface area is 161 Å². The highest BCUT2D eigenvalue weighted by atomic mass is 33.1. The van der Waals surface area contributed by atoms with Gasteiger partial charge in [0.15, 0.2) is 0 Å². The van der Waals surface area contributed by atoms with Crippen molar-refractivity contribution in [1.29, 1.82) is 0 Å². The molecule has 0 N–H and O–H groups in total. The Balaban J connectivity index is 2.16. The molecule has 8 heteroatoms. The zero-order valence-electron chi connectivity index (χ0n) is 14.5. The zero-order chi connectivity index (χ0) is 18.8. The van der Waals surface area contributed by atoms with Crippen LogP contribution in [0.4, 0.5) is 11.4 Å². The van der Waals surface area contributed by atoms with Crippen molar-refractivity contribution in [2.45, 2.75) is 13.8 Å². The number of anilines is 2. The van der Waals surface area contributed by atoms with E-state index in [4.69, 9.17) is 9.47 Å². The molecule has 0 heterocycles. The number of carbonyl (C=O) groups excluding carboxylic acids is 2. The van der Waals surface area contributed by atoms with Crippen LogP contribution in [0.25, 0.3) is 0 Å². The maximum atomic E-state index is 11.6. The van der Waals surface area contributed by atoms with Gasteiger partial charge in [0, 0.05) is 0 Å². The SMILES string of the molecule is CCOc1ccccc1N(C=O)SSN(C=O)c1ccccc1OCC. The second-order valence-corrected chi connectivity index (χ2v) is 6.79. The van der Waals surface area contributed by atoms with E-state index >= 15 is 0 Å². The summed E-state index contributed by atoms with van der Waals surface area (Å²) in [6.45, 7) is 4.73. The Morgan fingerprint density at radius 3 is 1.50 bits per heavy atom. The van der Waals surface area contributed by atoms with Gasteiger partial charge in [-0.1, -0.05) is 24.3 Å². The largest absolute Gasteiger partial charge is 0.492 e. The van der Waals surface area contributed by atoms with Gasteiger partial charge < -0.3 is 9.47 Å². The maximum absolute atomic E-state index is 11.6. The molecule has 0 fully saturated rings. The van der Waals surface area contributed by atoms with Crippen LogP contribution < -0.4 is 18.1 Å². The minimum absolute atomic E-state index is 0.490. The molecule has 0 saturated heterocycles. The summed E-state index contributed by atoms with van der Waals surface area (Å²) in [6, 6.07) is 14.5. The third kappa shape index (κ3) is 5.09. The van der Waals surface area contributed by atoms with Crippen LogP contribution in [0, 0.1) is 0 Å². The lowest BCUT2D eigenvalue weighted by molar-refractivity contribution is -0.107. The van der Waals surface area contributed by atoms with E-state index in [1.54, 1.807) is 24.3 Å². The smallest absolute Gasteiger partial charge is 0.225 e. The van der Waals surface area contributed by atoms with Gasteiger partial charge >= 0.3 is 0 Å². The first-order chi connectivity index (χ1) is 12.7. The van der Waals surface area contributed by atoms with Crippen molar-refractivity contribution in [1.82, 2.24) is 0 Å². The van der Waals surface area contributed by atoms with E-state index < -0.39 is 0 Å². The number of hydrogen-bond acceptors (Lipinski definition) is 6. The van der Waals surface area contributed by atoms with Crippen molar-refractivity contribution < 1.29 is 19.1 Å². The van der Waals surface area contributed by atoms with Crippen molar-refractivity contribution in [3.05, 3.63) is 48.5 Å². The first-order valence-corrected chi connectivity index (χ1v) is 10.1. The molecule has 2 aromatic carbocycles. The van der Waals surface area contributed by atoms with Crippen LogP contribution in [0.3, 0.4) is 0 Å². The summed E-state index contributed by atoms with van der Waals surface area (Å²) in [5, 5.41) is 0. The number of benzene rings is 2. The van der Waals surface area contributed by atoms with E-state index in [-0.39, 0.29) is 0 Å². The molecular weight excluding hydrogens is 372 g/mol. The predicted molar refractivity (Wildman–Crippen MR) is 107 cm³/mol. The third-order valence-electron chi connectivity index (χ3n) is 3.19. The highest BCUT2D eigenvalue weighted by Gasteiger charge is 2.17. The molecule has 0 aromatic heterocycles. The Kier molecular flexibility index (Phi) is 8.17. The minimum atomic E-state index is 0.490. The van der Waals surface area contributed by atoms with Crippen LogP contribution in [0.2, 0.25) is 0 Å². The predicted octanol–water partition coefficient (Wildman–Crippen LogP) is 4.32. The van der Waals surface area contributed by atoms with Crippen LogP contribution in [0.1, 0.15) is 13.8 Å². The first kappa shape index (κ1) is 20.0. The molecule has 26 heavy (non-hydrogen) atoms. The highest BCUT2D eigenvalue weighted by Crippen LogP contribution is 2.41. The summed E-state index contributed by atoms with van der Waals surface area (Å²) < 4.78 is 13.9. The minimum Gasteiger partial charge on any atom is -0.492 e. The van der Waals surface area contributed by atoms with Gasteiger partial charge in [-0.2, -0.15) is 0 Å². The topological polar surface area (TPSA) is 59.1 Å². The number of para-hydroxylation sites is 4. The summed E-state index contributed by atoms with van der Waals surface area (Å²) in [7, 11) is 2.22. The van der Waals surface area contributed by atoms with Gasteiger partial charge in [-0.15, -0.1) is 0 Å². The van der Waals surface area contributed by atoms with E-state index in [1.165, 1.54) is 8.61 Å². The van der Waals surface area contributed by atoms with E-state index in [2.05, 4.69) is 0 Å². The van der Waals surface area contributed by atoms with Crippen molar-refractivity contribution >= 4 is 46.2 Å². The van der Waals surface area contributed by atoms with Crippen LogP contribution in [-0.2, 0) is 9.59 Å². The lowest BCUT2D eigenvalue weighted by Crippen LogP contribution is -2.16. The molecule has 2 amide bonds. The normalized spacial score (nSPS) is 10.1. The van der Waals surface area contributed by atoms with Crippen molar-refractivity contribution in [3.8, 4) is 11.5 Å². The standard InChI is InChI=1S/C18H20N2O4S2/c1-3-23-17-11-7-5-9-15(17)19(13-21)25-26-20(14-22)16-10-6-8-12-18(16)24-4-2/h5-14H,3-4H2,1-2H3.